The average Bonchev–Trinajstić information content (AvgIpc) is 3.20. The lowest BCUT2D eigenvalue weighted by Crippen LogP contribution is -2.38. The number of hydrogen-bond donors (Lipinski definition) is 1. The number of aromatic nitrogens is 5. The van der Waals surface area contributed by atoms with E-state index in [9.17, 15) is 4.79 Å². The molecule has 2 saturated carbocycles. The lowest BCUT2D eigenvalue weighted by molar-refractivity contribution is 0.0717. The van der Waals surface area contributed by atoms with Crippen LogP contribution in [0, 0.1) is 5.41 Å². The van der Waals surface area contributed by atoms with E-state index >= 15 is 0 Å². The first kappa shape index (κ1) is 18.6. The second-order valence-corrected chi connectivity index (χ2v) is 9.18. The number of amides is 1. The van der Waals surface area contributed by atoms with E-state index < -0.39 is 0 Å². The Morgan fingerprint density at radius 3 is 2.87 bits per heavy atom. The van der Waals surface area contributed by atoms with E-state index in [-0.39, 0.29) is 17.2 Å². The number of H-pyrrole nitrogens is 1. The van der Waals surface area contributed by atoms with Crippen molar-refractivity contribution < 1.29 is 9.53 Å². The van der Waals surface area contributed by atoms with Crippen LogP contribution < -0.4 is 4.74 Å². The van der Waals surface area contributed by atoms with Crippen molar-refractivity contribution in [1.82, 2.24) is 29.9 Å². The molecule has 6 rings (SSSR count). The van der Waals surface area contributed by atoms with Crippen LogP contribution in [0.15, 0.2) is 36.7 Å². The second-order valence-electron chi connectivity index (χ2n) is 9.18. The van der Waals surface area contributed by atoms with Crippen LogP contribution in [0.2, 0.25) is 0 Å². The number of methoxy groups -OCH3 is 1. The predicted octanol–water partition coefficient (Wildman–Crippen LogP) is 3.42. The molecule has 0 radical (unpaired) electrons. The molecule has 1 amide bonds. The SMILES string of the molecule is COc1cccc(-c2cc(C(=O)N3CC(c4nncn4C4CC4)C4(CCC4)C3)[nH]n2)c1. The van der Waals surface area contributed by atoms with Gasteiger partial charge in [0.1, 0.15) is 23.6 Å². The van der Waals surface area contributed by atoms with Gasteiger partial charge in [-0.3, -0.25) is 9.89 Å². The Balaban J connectivity index is 1.25. The topological polar surface area (TPSA) is 88.9 Å². The Labute approximate surface area is 180 Å². The van der Waals surface area contributed by atoms with Gasteiger partial charge in [0.25, 0.3) is 5.91 Å². The van der Waals surface area contributed by atoms with Gasteiger partial charge in [-0.15, -0.1) is 10.2 Å². The Hall–Kier alpha value is -3.16. The molecule has 1 spiro atoms. The van der Waals surface area contributed by atoms with E-state index in [0.717, 1.165) is 42.2 Å². The minimum Gasteiger partial charge on any atom is -0.497 e. The summed E-state index contributed by atoms with van der Waals surface area (Å²) in [6, 6.07) is 10.1. The largest absolute Gasteiger partial charge is 0.497 e. The Kier molecular flexibility index (Phi) is 4.16. The molecule has 1 N–H and O–H groups in total. The molecule has 8 nitrogen and oxygen atoms in total. The second kappa shape index (κ2) is 6.93. The number of nitrogens with zero attached hydrogens (tertiary/aromatic N) is 5. The monoisotopic (exact) mass is 418 g/mol. The van der Waals surface area contributed by atoms with E-state index in [1.165, 1.54) is 19.3 Å². The Morgan fingerprint density at radius 2 is 2.13 bits per heavy atom. The molecule has 3 fully saturated rings. The lowest BCUT2D eigenvalue weighted by Gasteiger charge is -2.42. The van der Waals surface area contributed by atoms with Gasteiger partial charge in [0.2, 0.25) is 0 Å². The highest BCUT2D eigenvalue weighted by atomic mass is 16.5. The number of likely N-dealkylation sites (tertiary alicyclic amines) is 1. The highest BCUT2D eigenvalue weighted by Crippen LogP contribution is 2.56. The molecule has 2 aliphatic carbocycles. The standard InChI is InChI=1S/C23H26N6O2/c1-31-17-5-2-4-15(10-17)19-11-20(26-25-19)22(30)28-12-18(23(13-28)8-3-9-23)21-27-24-14-29(21)16-6-7-16/h2,4-5,10-11,14,16,18H,3,6-9,12-13H2,1H3,(H,25,26). The van der Waals surface area contributed by atoms with Gasteiger partial charge >= 0.3 is 0 Å². The molecule has 31 heavy (non-hydrogen) atoms. The van der Waals surface area contributed by atoms with Crippen LogP contribution in [0.5, 0.6) is 5.75 Å². The highest BCUT2D eigenvalue weighted by molar-refractivity contribution is 5.93. The van der Waals surface area contributed by atoms with Gasteiger partial charge in [-0.1, -0.05) is 18.6 Å². The molecule has 0 bridgehead atoms. The summed E-state index contributed by atoms with van der Waals surface area (Å²) in [5, 5.41) is 16.1. The highest BCUT2D eigenvalue weighted by Gasteiger charge is 2.54. The lowest BCUT2D eigenvalue weighted by atomic mass is 9.62. The van der Waals surface area contributed by atoms with Crippen molar-refractivity contribution in [3.63, 3.8) is 0 Å². The summed E-state index contributed by atoms with van der Waals surface area (Å²) in [5.41, 5.74) is 2.33. The van der Waals surface area contributed by atoms with Crippen molar-refractivity contribution >= 4 is 5.91 Å². The van der Waals surface area contributed by atoms with E-state index in [4.69, 9.17) is 4.74 Å². The molecule has 1 aromatic carbocycles. The molecule has 160 valence electrons. The first-order valence-corrected chi connectivity index (χ1v) is 11.1. The van der Waals surface area contributed by atoms with E-state index in [2.05, 4.69) is 25.0 Å². The molecule has 1 atom stereocenters. The number of nitrogens with one attached hydrogen (secondary N) is 1. The van der Waals surface area contributed by atoms with Crippen LogP contribution in [0.3, 0.4) is 0 Å². The Bertz CT molecular complexity index is 1130. The predicted molar refractivity (Wildman–Crippen MR) is 114 cm³/mol. The summed E-state index contributed by atoms with van der Waals surface area (Å²) in [4.78, 5) is 15.4. The maximum Gasteiger partial charge on any atom is 0.271 e. The van der Waals surface area contributed by atoms with Crippen molar-refractivity contribution in [2.45, 2.75) is 44.1 Å². The fraction of sp³-hybridized carbons (Fsp3) is 0.478. The van der Waals surface area contributed by atoms with Crippen LogP contribution in [0.4, 0.5) is 0 Å². The summed E-state index contributed by atoms with van der Waals surface area (Å²) in [6.07, 6.45) is 7.80. The molecule has 1 saturated heterocycles. The molecule has 3 aliphatic rings. The van der Waals surface area contributed by atoms with Gasteiger partial charge in [-0.2, -0.15) is 5.10 Å². The van der Waals surface area contributed by atoms with Crippen molar-refractivity contribution in [2.24, 2.45) is 5.41 Å². The fourth-order valence-electron chi connectivity index (χ4n) is 5.28. The smallest absolute Gasteiger partial charge is 0.271 e. The molecule has 3 aromatic rings. The zero-order valence-corrected chi connectivity index (χ0v) is 17.6. The summed E-state index contributed by atoms with van der Waals surface area (Å²) in [5.74, 6) is 2.10. The first-order valence-electron chi connectivity index (χ1n) is 11.1. The third-order valence-corrected chi connectivity index (χ3v) is 7.31. The summed E-state index contributed by atoms with van der Waals surface area (Å²) in [7, 11) is 1.64. The molecule has 1 aliphatic heterocycles. The van der Waals surface area contributed by atoms with Gasteiger partial charge in [-0.05, 0) is 49.3 Å². The zero-order chi connectivity index (χ0) is 21.0. The number of hydrogen-bond acceptors (Lipinski definition) is 5. The molecule has 3 heterocycles. The van der Waals surface area contributed by atoms with Crippen LogP contribution in [-0.4, -0.2) is 56.0 Å². The van der Waals surface area contributed by atoms with Gasteiger partial charge < -0.3 is 14.2 Å². The van der Waals surface area contributed by atoms with Gasteiger partial charge in [0.05, 0.1) is 12.8 Å². The maximum atomic E-state index is 13.4. The minimum absolute atomic E-state index is 0.00732. The number of carbonyl (C=O) groups excluding carboxylic acids is 1. The number of ether oxygens (including phenoxy) is 1. The van der Waals surface area contributed by atoms with Crippen LogP contribution in [-0.2, 0) is 0 Å². The third kappa shape index (κ3) is 3.04. The number of carbonyl (C=O) groups is 1. The van der Waals surface area contributed by atoms with Crippen molar-refractivity contribution in [1.29, 1.82) is 0 Å². The van der Waals surface area contributed by atoms with Crippen molar-refractivity contribution in [3.8, 4) is 17.0 Å². The first-order chi connectivity index (χ1) is 15.2. The normalized spacial score (nSPS) is 22.0. The number of benzene rings is 1. The molecule has 8 heteroatoms. The maximum absolute atomic E-state index is 13.4. The average molecular weight is 419 g/mol. The van der Waals surface area contributed by atoms with Gasteiger partial charge in [0.15, 0.2) is 0 Å². The summed E-state index contributed by atoms with van der Waals surface area (Å²) >= 11 is 0. The van der Waals surface area contributed by atoms with E-state index in [1.54, 1.807) is 7.11 Å². The number of aromatic amines is 1. The quantitative estimate of drug-likeness (QED) is 0.686. The number of rotatable bonds is 5. The summed E-state index contributed by atoms with van der Waals surface area (Å²) < 4.78 is 7.57. The van der Waals surface area contributed by atoms with Crippen LogP contribution in [0.25, 0.3) is 11.3 Å². The molecular formula is C23H26N6O2. The summed E-state index contributed by atoms with van der Waals surface area (Å²) in [6.45, 7) is 1.47. The van der Waals surface area contributed by atoms with Crippen LogP contribution >= 0.6 is 0 Å². The van der Waals surface area contributed by atoms with E-state index in [0.29, 0.717) is 18.3 Å². The zero-order valence-electron chi connectivity index (χ0n) is 17.6. The van der Waals surface area contributed by atoms with Crippen molar-refractivity contribution in [3.05, 3.63) is 48.2 Å². The molecule has 2 aromatic heterocycles. The third-order valence-electron chi connectivity index (χ3n) is 7.31. The molecular weight excluding hydrogens is 392 g/mol. The Morgan fingerprint density at radius 1 is 1.26 bits per heavy atom. The molecule has 1 unspecified atom stereocenters. The van der Waals surface area contributed by atoms with Crippen LogP contribution in [0.1, 0.15) is 60.4 Å². The van der Waals surface area contributed by atoms with Gasteiger partial charge in [0, 0.05) is 30.6 Å². The van der Waals surface area contributed by atoms with Crippen molar-refractivity contribution in [2.75, 3.05) is 20.2 Å². The minimum atomic E-state index is 0.00732. The fourth-order valence-corrected chi connectivity index (χ4v) is 5.28. The van der Waals surface area contributed by atoms with E-state index in [1.807, 2.05) is 41.6 Å². The van der Waals surface area contributed by atoms with Gasteiger partial charge in [-0.25, -0.2) is 0 Å².